The number of hydrogen-bond donors (Lipinski definition) is 1. The Morgan fingerprint density at radius 1 is 1.33 bits per heavy atom. The zero-order valence-electron chi connectivity index (χ0n) is 12.1. The lowest BCUT2D eigenvalue weighted by molar-refractivity contribution is 0.474. The molecule has 21 heavy (non-hydrogen) atoms. The normalized spacial score (nSPS) is 12.0. The molecule has 0 unspecified atom stereocenters. The van der Waals surface area contributed by atoms with E-state index in [0.717, 1.165) is 16.0 Å². The third-order valence-corrected chi connectivity index (χ3v) is 6.88. The monoisotopic (exact) mass is 325 g/mol. The maximum atomic E-state index is 12.5. The average Bonchev–Trinajstić information content (AvgIpc) is 2.87. The van der Waals surface area contributed by atoms with E-state index in [0.29, 0.717) is 23.7 Å². The summed E-state index contributed by atoms with van der Waals surface area (Å²) in [4.78, 5) is 4.86. The molecule has 2 N–H and O–H groups in total. The Hall–Kier alpha value is -1.28. The Balaban J connectivity index is 2.11. The van der Waals surface area contributed by atoms with Gasteiger partial charge in [0, 0.05) is 37.4 Å². The molecule has 0 saturated heterocycles. The fourth-order valence-corrected chi connectivity index (χ4v) is 4.78. The van der Waals surface area contributed by atoms with Crippen molar-refractivity contribution in [3.8, 4) is 0 Å². The fourth-order valence-electron chi connectivity index (χ4n) is 1.93. The maximum absolute atomic E-state index is 12.5. The van der Waals surface area contributed by atoms with Crippen molar-refractivity contribution in [1.82, 2.24) is 9.29 Å². The number of thiophene rings is 1. The van der Waals surface area contributed by atoms with Crippen molar-refractivity contribution in [3.63, 3.8) is 0 Å². The third kappa shape index (κ3) is 3.68. The molecule has 2 heterocycles. The second-order valence-corrected chi connectivity index (χ2v) is 8.22. The summed E-state index contributed by atoms with van der Waals surface area (Å²) in [7, 11) is -1.84. The van der Waals surface area contributed by atoms with Gasteiger partial charge in [-0.15, -0.1) is 11.3 Å². The predicted molar refractivity (Wildman–Crippen MR) is 84.7 cm³/mol. The third-order valence-electron chi connectivity index (χ3n) is 3.31. The first-order valence-electron chi connectivity index (χ1n) is 6.59. The zero-order valence-corrected chi connectivity index (χ0v) is 13.7. The van der Waals surface area contributed by atoms with Crippen LogP contribution in [0.15, 0.2) is 34.8 Å². The number of hydrogen-bond acceptors (Lipinski definition) is 5. The van der Waals surface area contributed by atoms with Crippen LogP contribution in [-0.2, 0) is 23.0 Å². The Morgan fingerprint density at radius 2 is 2.00 bits per heavy atom. The average molecular weight is 325 g/mol. The number of aryl methyl sites for hydroxylation is 1. The number of aromatic nitrogens is 1. The Kier molecular flexibility index (Phi) is 5.10. The van der Waals surface area contributed by atoms with Gasteiger partial charge in [-0.1, -0.05) is 0 Å². The molecule has 114 valence electrons. The summed E-state index contributed by atoms with van der Waals surface area (Å²) >= 11 is 1.25. The van der Waals surface area contributed by atoms with E-state index in [2.05, 4.69) is 4.98 Å². The van der Waals surface area contributed by atoms with Gasteiger partial charge in [-0.3, -0.25) is 4.98 Å². The molecular weight excluding hydrogens is 306 g/mol. The SMILES string of the molecule is Cc1cc(S(=O)(=O)N(C)CCc2ccncc2)sc1CN. The minimum Gasteiger partial charge on any atom is -0.326 e. The topological polar surface area (TPSA) is 76.3 Å². The van der Waals surface area contributed by atoms with Crippen LogP contribution >= 0.6 is 11.3 Å². The van der Waals surface area contributed by atoms with Crippen LogP contribution in [0.4, 0.5) is 0 Å². The molecule has 0 fully saturated rings. The van der Waals surface area contributed by atoms with Crippen LogP contribution in [0.2, 0.25) is 0 Å². The van der Waals surface area contributed by atoms with Gasteiger partial charge in [0.1, 0.15) is 4.21 Å². The van der Waals surface area contributed by atoms with E-state index < -0.39 is 10.0 Å². The highest BCUT2D eigenvalue weighted by atomic mass is 32.2. The number of rotatable bonds is 6. The number of sulfonamides is 1. The number of pyridine rings is 1. The molecule has 0 saturated carbocycles. The van der Waals surface area contributed by atoms with Gasteiger partial charge in [0.25, 0.3) is 10.0 Å². The van der Waals surface area contributed by atoms with E-state index in [9.17, 15) is 8.42 Å². The molecule has 0 bridgehead atoms. The second kappa shape index (κ2) is 6.65. The molecule has 0 aromatic carbocycles. The molecule has 2 aromatic rings. The van der Waals surface area contributed by atoms with Crippen LogP contribution in [0.1, 0.15) is 16.0 Å². The van der Waals surface area contributed by atoms with Gasteiger partial charge in [0.2, 0.25) is 0 Å². The molecule has 7 heteroatoms. The summed E-state index contributed by atoms with van der Waals surface area (Å²) in [6.45, 7) is 2.68. The van der Waals surface area contributed by atoms with Crippen LogP contribution in [0.25, 0.3) is 0 Å². The van der Waals surface area contributed by atoms with Crippen molar-refractivity contribution in [2.45, 2.75) is 24.1 Å². The lowest BCUT2D eigenvalue weighted by atomic mass is 10.2. The molecular formula is C14H19N3O2S2. The van der Waals surface area contributed by atoms with Crippen molar-refractivity contribution < 1.29 is 8.42 Å². The standard InChI is InChI=1S/C14H19N3O2S2/c1-11-9-14(20-13(11)10-15)21(18,19)17(2)8-5-12-3-6-16-7-4-12/h3-4,6-7,9H,5,8,10,15H2,1-2H3. The Labute approximate surface area is 129 Å². The molecule has 0 aliphatic carbocycles. The first-order valence-corrected chi connectivity index (χ1v) is 8.85. The Bertz CT molecular complexity index is 696. The van der Waals surface area contributed by atoms with Gasteiger partial charge >= 0.3 is 0 Å². The molecule has 0 radical (unpaired) electrons. The molecule has 5 nitrogen and oxygen atoms in total. The summed E-state index contributed by atoms with van der Waals surface area (Å²) < 4.78 is 26.8. The lowest BCUT2D eigenvalue weighted by Crippen LogP contribution is -2.28. The van der Waals surface area contributed by atoms with Gasteiger partial charge in [-0.25, -0.2) is 8.42 Å². The molecule has 2 rings (SSSR count). The van der Waals surface area contributed by atoms with E-state index in [1.807, 2.05) is 19.1 Å². The summed E-state index contributed by atoms with van der Waals surface area (Å²) in [6.07, 6.45) is 4.08. The molecule has 2 aromatic heterocycles. The highest BCUT2D eigenvalue weighted by Crippen LogP contribution is 2.27. The van der Waals surface area contributed by atoms with Crippen molar-refractivity contribution >= 4 is 21.4 Å². The fraction of sp³-hybridized carbons (Fsp3) is 0.357. The largest absolute Gasteiger partial charge is 0.326 e. The molecule has 0 aliphatic rings. The number of nitrogens with zero attached hydrogens (tertiary/aromatic N) is 2. The van der Waals surface area contributed by atoms with Crippen LogP contribution < -0.4 is 5.73 Å². The highest BCUT2D eigenvalue weighted by molar-refractivity contribution is 7.91. The van der Waals surface area contributed by atoms with Gasteiger partial charge in [-0.05, 0) is 42.7 Å². The summed E-state index contributed by atoms with van der Waals surface area (Å²) in [6, 6.07) is 5.48. The number of nitrogens with two attached hydrogens (primary N) is 1. The van der Waals surface area contributed by atoms with Gasteiger partial charge < -0.3 is 5.73 Å². The van der Waals surface area contributed by atoms with Gasteiger partial charge in [0.15, 0.2) is 0 Å². The van der Waals surface area contributed by atoms with Crippen LogP contribution in [-0.4, -0.2) is 31.3 Å². The van der Waals surface area contributed by atoms with Crippen LogP contribution in [0, 0.1) is 6.92 Å². The molecule has 0 spiro atoms. The zero-order chi connectivity index (χ0) is 15.5. The second-order valence-electron chi connectivity index (χ2n) is 4.81. The summed E-state index contributed by atoms with van der Waals surface area (Å²) in [5.41, 5.74) is 7.61. The Morgan fingerprint density at radius 3 is 2.57 bits per heavy atom. The minimum atomic E-state index is -3.44. The van der Waals surface area contributed by atoms with Crippen LogP contribution in [0.3, 0.4) is 0 Å². The first-order chi connectivity index (χ1) is 9.95. The van der Waals surface area contributed by atoms with Gasteiger partial charge in [0.05, 0.1) is 0 Å². The smallest absolute Gasteiger partial charge is 0.252 e. The van der Waals surface area contributed by atoms with E-state index in [4.69, 9.17) is 5.73 Å². The highest BCUT2D eigenvalue weighted by Gasteiger charge is 2.23. The maximum Gasteiger partial charge on any atom is 0.252 e. The van der Waals surface area contributed by atoms with E-state index in [1.165, 1.54) is 15.6 Å². The number of likely N-dealkylation sites (N-methyl/N-ethyl adjacent to an activating group) is 1. The quantitative estimate of drug-likeness (QED) is 0.878. The molecule has 0 atom stereocenters. The first kappa shape index (κ1) is 16.1. The summed E-state index contributed by atoms with van der Waals surface area (Å²) in [5.74, 6) is 0. The predicted octanol–water partition coefficient (Wildman–Crippen LogP) is 1.77. The molecule has 0 aliphatic heterocycles. The summed E-state index contributed by atoms with van der Waals surface area (Å²) in [5, 5.41) is 0. The van der Waals surface area contributed by atoms with Crippen molar-refractivity contribution in [2.24, 2.45) is 5.73 Å². The van der Waals surface area contributed by atoms with Gasteiger partial charge in [-0.2, -0.15) is 4.31 Å². The van der Waals surface area contributed by atoms with E-state index in [1.54, 1.807) is 25.5 Å². The van der Waals surface area contributed by atoms with Crippen molar-refractivity contribution in [3.05, 3.63) is 46.6 Å². The van der Waals surface area contributed by atoms with E-state index in [-0.39, 0.29) is 0 Å². The van der Waals surface area contributed by atoms with Crippen molar-refractivity contribution in [2.75, 3.05) is 13.6 Å². The minimum absolute atomic E-state index is 0.359. The lowest BCUT2D eigenvalue weighted by Gasteiger charge is -2.15. The molecule has 0 amide bonds. The van der Waals surface area contributed by atoms with Crippen LogP contribution in [0.5, 0.6) is 0 Å². The van der Waals surface area contributed by atoms with E-state index >= 15 is 0 Å². The van der Waals surface area contributed by atoms with Crippen molar-refractivity contribution in [1.29, 1.82) is 0 Å².